The Balaban J connectivity index is 0.00000280. The number of nitro groups is 1. The molecular formula is C17H13N2NaO7S. The van der Waals surface area contributed by atoms with Gasteiger partial charge in [-0.05, 0) is 35.7 Å². The maximum atomic E-state index is 12.2. The minimum atomic E-state index is -4.47. The number of phenols is 1. The van der Waals surface area contributed by atoms with E-state index >= 15 is 0 Å². The molecule has 0 fully saturated rings. The number of carbonyl (C=O) groups excluding carboxylic acids is 1. The fourth-order valence-corrected chi connectivity index (χ4v) is 3.01. The number of amides is 1. The van der Waals surface area contributed by atoms with E-state index in [-0.39, 0.29) is 51.9 Å². The van der Waals surface area contributed by atoms with Crippen LogP contribution >= 0.6 is 0 Å². The van der Waals surface area contributed by atoms with Crippen LogP contribution in [0.3, 0.4) is 0 Å². The molecule has 0 bridgehead atoms. The fourth-order valence-electron chi connectivity index (χ4n) is 2.48. The van der Waals surface area contributed by atoms with Crippen molar-refractivity contribution in [2.45, 2.75) is 4.90 Å². The normalized spacial score (nSPS) is 10.9. The van der Waals surface area contributed by atoms with E-state index in [9.17, 15) is 28.4 Å². The van der Waals surface area contributed by atoms with E-state index in [0.717, 1.165) is 6.07 Å². The van der Waals surface area contributed by atoms with Gasteiger partial charge in [0.05, 0.1) is 9.82 Å². The number of hydrogen-bond acceptors (Lipinski definition) is 6. The average molecular weight is 412 g/mol. The fraction of sp³-hybridized carbons (Fsp3) is 0. The Morgan fingerprint density at radius 3 is 2.25 bits per heavy atom. The van der Waals surface area contributed by atoms with Crippen molar-refractivity contribution in [2.75, 3.05) is 5.32 Å². The Morgan fingerprint density at radius 1 is 1.04 bits per heavy atom. The SMILES string of the molecule is O=C(Nc1ccc2cc(S(=O)(=O)O)cc(O)c2c1)c1ccc([N+](=O)[O-])cc1.[NaH]. The molecule has 28 heavy (non-hydrogen) atoms. The summed E-state index contributed by atoms with van der Waals surface area (Å²) in [5.74, 6) is -0.898. The molecule has 0 aliphatic carbocycles. The first kappa shape index (κ1) is 21.8. The van der Waals surface area contributed by atoms with Gasteiger partial charge in [-0.15, -0.1) is 0 Å². The molecule has 0 saturated carbocycles. The Hall–Kier alpha value is -2.50. The van der Waals surface area contributed by atoms with Gasteiger partial charge in [0.2, 0.25) is 0 Å². The second-order valence-corrected chi connectivity index (χ2v) is 7.03. The number of anilines is 1. The average Bonchev–Trinajstić information content (AvgIpc) is 2.61. The summed E-state index contributed by atoms with van der Waals surface area (Å²) in [4.78, 5) is 21.9. The van der Waals surface area contributed by atoms with Gasteiger partial charge in [0, 0.05) is 34.8 Å². The minimum absolute atomic E-state index is 0. The molecule has 0 saturated heterocycles. The van der Waals surface area contributed by atoms with Crippen molar-refractivity contribution in [3.8, 4) is 5.75 Å². The molecule has 0 radical (unpaired) electrons. The molecule has 3 aromatic carbocycles. The van der Waals surface area contributed by atoms with Crippen molar-refractivity contribution in [3.05, 3.63) is 70.3 Å². The van der Waals surface area contributed by atoms with Crippen molar-refractivity contribution in [2.24, 2.45) is 0 Å². The molecule has 3 N–H and O–H groups in total. The Bertz CT molecular complexity index is 1180. The van der Waals surface area contributed by atoms with Gasteiger partial charge >= 0.3 is 29.6 Å². The van der Waals surface area contributed by atoms with Crippen LogP contribution in [0.5, 0.6) is 5.75 Å². The maximum absolute atomic E-state index is 12.2. The molecule has 0 unspecified atom stereocenters. The van der Waals surface area contributed by atoms with E-state index in [1.54, 1.807) is 0 Å². The summed E-state index contributed by atoms with van der Waals surface area (Å²) in [6.07, 6.45) is 0. The molecule has 0 aliphatic heterocycles. The van der Waals surface area contributed by atoms with Crippen LogP contribution in [0.15, 0.2) is 59.5 Å². The van der Waals surface area contributed by atoms with Crippen LogP contribution in [-0.4, -0.2) is 58.5 Å². The zero-order valence-corrected chi connectivity index (χ0v) is 14.3. The van der Waals surface area contributed by atoms with Crippen molar-refractivity contribution in [1.82, 2.24) is 0 Å². The molecule has 9 nitrogen and oxygen atoms in total. The summed E-state index contributed by atoms with van der Waals surface area (Å²) in [5, 5.41) is 23.9. The standard InChI is InChI=1S/C17H12N2O7S.Na.H/c20-16-9-14(27(24,25)26)7-11-1-4-12(8-15(11)16)18-17(21)10-2-5-13(6-3-10)19(22)23;;/h1-9,20H,(H,18,21)(H,24,25,26);;. The Kier molecular flexibility index (Phi) is 6.42. The zero-order valence-electron chi connectivity index (χ0n) is 13.5. The second-order valence-electron chi connectivity index (χ2n) is 5.61. The number of hydrogen-bond donors (Lipinski definition) is 3. The van der Waals surface area contributed by atoms with Gasteiger partial charge in [0.25, 0.3) is 21.7 Å². The summed E-state index contributed by atoms with van der Waals surface area (Å²) in [6.45, 7) is 0. The van der Waals surface area contributed by atoms with Crippen molar-refractivity contribution in [1.29, 1.82) is 0 Å². The first-order valence-corrected chi connectivity index (χ1v) is 8.89. The molecule has 0 atom stereocenters. The van der Waals surface area contributed by atoms with E-state index in [0.29, 0.717) is 11.1 Å². The quantitative estimate of drug-likeness (QED) is 0.258. The van der Waals surface area contributed by atoms with Crippen LogP contribution in [0.1, 0.15) is 10.4 Å². The second kappa shape index (κ2) is 8.25. The monoisotopic (exact) mass is 412 g/mol. The number of nitrogens with one attached hydrogen (secondary N) is 1. The van der Waals surface area contributed by atoms with Crippen LogP contribution < -0.4 is 5.32 Å². The van der Waals surface area contributed by atoms with Gasteiger partial charge in [0.1, 0.15) is 5.75 Å². The van der Waals surface area contributed by atoms with E-state index in [2.05, 4.69) is 5.32 Å². The molecule has 1 amide bonds. The summed E-state index contributed by atoms with van der Waals surface area (Å²) in [5.41, 5.74) is 0.379. The summed E-state index contributed by atoms with van der Waals surface area (Å²) < 4.78 is 31.5. The molecule has 0 aromatic heterocycles. The molecule has 0 aliphatic rings. The van der Waals surface area contributed by atoms with Crippen LogP contribution in [0.25, 0.3) is 10.8 Å². The summed E-state index contributed by atoms with van der Waals surface area (Å²) >= 11 is 0. The number of aromatic hydroxyl groups is 1. The van der Waals surface area contributed by atoms with Crippen molar-refractivity contribution >= 4 is 67.7 Å². The number of nitrogens with zero attached hydrogens (tertiary/aromatic N) is 1. The van der Waals surface area contributed by atoms with Crippen molar-refractivity contribution in [3.63, 3.8) is 0 Å². The van der Waals surface area contributed by atoms with E-state index in [1.165, 1.54) is 48.5 Å². The number of nitro benzene ring substituents is 1. The van der Waals surface area contributed by atoms with Gasteiger partial charge < -0.3 is 10.4 Å². The van der Waals surface area contributed by atoms with Crippen molar-refractivity contribution < 1.29 is 27.8 Å². The third-order valence-corrected chi connectivity index (χ3v) is 4.63. The molecule has 0 heterocycles. The number of carbonyl (C=O) groups is 1. The summed E-state index contributed by atoms with van der Waals surface area (Å²) in [7, 11) is -4.47. The predicted octanol–water partition coefficient (Wildman–Crippen LogP) is 2.30. The van der Waals surface area contributed by atoms with Crippen LogP contribution in [0.4, 0.5) is 11.4 Å². The number of rotatable bonds is 4. The van der Waals surface area contributed by atoms with Gasteiger partial charge in [-0.2, -0.15) is 8.42 Å². The number of fused-ring (bicyclic) bond motifs is 1. The first-order chi connectivity index (χ1) is 12.6. The van der Waals surface area contributed by atoms with Crippen LogP contribution in [-0.2, 0) is 10.1 Å². The Labute approximate surface area is 181 Å². The van der Waals surface area contributed by atoms with Gasteiger partial charge in [-0.3, -0.25) is 19.5 Å². The third kappa shape index (κ3) is 4.66. The van der Waals surface area contributed by atoms with E-state index in [4.69, 9.17) is 4.55 Å². The Morgan fingerprint density at radius 2 is 1.68 bits per heavy atom. The molecule has 140 valence electrons. The topological polar surface area (TPSA) is 147 Å². The molecule has 11 heteroatoms. The van der Waals surface area contributed by atoms with E-state index in [1.807, 2.05) is 0 Å². The van der Waals surface area contributed by atoms with Gasteiger partial charge in [-0.25, -0.2) is 0 Å². The van der Waals surface area contributed by atoms with Crippen LogP contribution in [0, 0.1) is 10.1 Å². The third-order valence-electron chi connectivity index (χ3n) is 3.80. The first-order valence-electron chi connectivity index (χ1n) is 7.45. The van der Waals surface area contributed by atoms with Gasteiger partial charge in [0.15, 0.2) is 0 Å². The molecule has 3 aromatic rings. The number of phenolic OH excluding ortho intramolecular Hbond substituents is 1. The van der Waals surface area contributed by atoms with E-state index < -0.39 is 25.8 Å². The molecular weight excluding hydrogens is 399 g/mol. The number of benzene rings is 3. The van der Waals surface area contributed by atoms with Gasteiger partial charge in [-0.1, -0.05) is 6.07 Å². The van der Waals surface area contributed by atoms with Crippen LogP contribution in [0.2, 0.25) is 0 Å². The zero-order chi connectivity index (χ0) is 19.8. The molecule has 0 spiro atoms. The number of non-ortho nitro benzene ring substituents is 1. The summed E-state index contributed by atoms with van der Waals surface area (Å²) in [6, 6.07) is 11.5. The molecule has 3 rings (SSSR count). The predicted molar refractivity (Wildman–Crippen MR) is 104 cm³/mol.